The Bertz CT molecular complexity index is 1330. The highest BCUT2D eigenvalue weighted by Gasteiger charge is 2.12. The summed E-state index contributed by atoms with van der Waals surface area (Å²) in [7, 11) is 0. The van der Waals surface area contributed by atoms with Gasteiger partial charge in [0, 0.05) is 22.3 Å². The fourth-order valence-corrected chi connectivity index (χ4v) is 3.46. The summed E-state index contributed by atoms with van der Waals surface area (Å²) in [5, 5.41) is 4.23. The summed E-state index contributed by atoms with van der Waals surface area (Å²) in [5.74, 6) is 0.477. The number of rotatable bonds is 6. The quantitative estimate of drug-likeness (QED) is 0.283. The van der Waals surface area contributed by atoms with Crippen LogP contribution in [0.15, 0.2) is 63.8 Å². The third kappa shape index (κ3) is 4.42. The first-order chi connectivity index (χ1) is 15.0. The van der Waals surface area contributed by atoms with Crippen molar-refractivity contribution >= 4 is 45.1 Å². The summed E-state index contributed by atoms with van der Waals surface area (Å²) >= 11 is 6.16. The van der Waals surface area contributed by atoms with E-state index in [4.69, 9.17) is 20.8 Å². The van der Waals surface area contributed by atoms with Gasteiger partial charge in [0.25, 0.3) is 5.91 Å². The summed E-state index contributed by atoms with van der Waals surface area (Å²) in [4.78, 5) is 25.4. The van der Waals surface area contributed by atoms with E-state index in [1.54, 1.807) is 54.6 Å². The molecule has 3 aromatic carbocycles. The molecule has 0 aliphatic heterocycles. The van der Waals surface area contributed by atoms with Gasteiger partial charge in [0.05, 0.1) is 17.4 Å². The molecule has 0 unspecified atom stereocenters. The predicted molar refractivity (Wildman–Crippen MR) is 125 cm³/mol. The van der Waals surface area contributed by atoms with Crippen molar-refractivity contribution in [3.05, 3.63) is 81.0 Å². The van der Waals surface area contributed by atoms with E-state index in [0.29, 0.717) is 44.8 Å². The highest BCUT2D eigenvalue weighted by atomic mass is 35.5. The van der Waals surface area contributed by atoms with E-state index in [9.17, 15) is 9.59 Å². The van der Waals surface area contributed by atoms with Gasteiger partial charge in [-0.1, -0.05) is 24.9 Å². The van der Waals surface area contributed by atoms with E-state index >= 15 is 0 Å². The fourth-order valence-electron chi connectivity index (χ4n) is 3.29. The van der Waals surface area contributed by atoms with Gasteiger partial charge >= 0.3 is 0 Å². The number of carbonyl (C=O) groups is 1. The average Bonchev–Trinajstić information content (AvgIpc) is 2.76. The topological polar surface area (TPSA) is 68.5 Å². The van der Waals surface area contributed by atoms with Crippen LogP contribution in [0.3, 0.4) is 0 Å². The maximum absolute atomic E-state index is 12.8. The molecule has 0 fully saturated rings. The molecule has 0 bridgehead atoms. The van der Waals surface area contributed by atoms with Crippen LogP contribution in [0.4, 0.5) is 5.69 Å². The standard InChI is InChI=1S/C25H22ClNO4/c1-3-4-11-30-18-8-5-16(6-9-18)25(29)27-17-7-10-19-23(13-17)31-22-12-15(2)21(26)14-20(22)24(19)28/h5-10,12-14H,3-4,11H2,1-2H3,(H,27,29). The van der Waals surface area contributed by atoms with Crippen LogP contribution in [-0.2, 0) is 0 Å². The second-order valence-corrected chi connectivity index (χ2v) is 7.83. The molecule has 1 N–H and O–H groups in total. The summed E-state index contributed by atoms with van der Waals surface area (Å²) in [6, 6.07) is 15.4. The summed E-state index contributed by atoms with van der Waals surface area (Å²) < 4.78 is 11.6. The Labute approximate surface area is 184 Å². The molecule has 0 radical (unpaired) electrons. The highest BCUT2D eigenvalue weighted by molar-refractivity contribution is 6.32. The van der Waals surface area contributed by atoms with E-state index < -0.39 is 0 Å². The zero-order valence-corrected chi connectivity index (χ0v) is 18.1. The van der Waals surface area contributed by atoms with E-state index in [2.05, 4.69) is 12.2 Å². The number of fused-ring (bicyclic) bond motifs is 2. The van der Waals surface area contributed by atoms with Crippen molar-refractivity contribution in [3.8, 4) is 5.75 Å². The molecule has 4 rings (SSSR count). The summed E-state index contributed by atoms with van der Waals surface area (Å²) in [6.07, 6.45) is 2.05. The molecule has 4 aromatic rings. The van der Waals surface area contributed by atoms with Crippen molar-refractivity contribution < 1.29 is 13.9 Å². The van der Waals surface area contributed by atoms with Crippen LogP contribution in [0.25, 0.3) is 21.9 Å². The van der Waals surface area contributed by atoms with Gasteiger partial charge in [-0.3, -0.25) is 9.59 Å². The first-order valence-electron chi connectivity index (χ1n) is 10.2. The normalized spacial score (nSPS) is 11.1. The van der Waals surface area contributed by atoms with Crippen LogP contribution in [-0.4, -0.2) is 12.5 Å². The Morgan fingerprint density at radius 3 is 2.52 bits per heavy atom. The molecule has 1 aromatic heterocycles. The van der Waals surface area contributed by atoms with Gasteiger partial charge in [-0.15, -0.1) is 0 Å². The van der Waals surface area contributed by atoms with Crippen LogP contribution < -0.4 is 15.5 Å². The molecular formula is C25H22ClNO4. The minimum absolute atomic E-state index is 0.158. The molecule has 6 heteroatoms. The molecule has 0 saturated carbocycles. The van der Waals surface area contributed by atoms with E-state index in [1.807, 2.05) is 6.92 Å². The Balaban J connectivity index is 1.58. The van der Waals surface area contributed by atoms with Crippen molar-refractivity contribution in [1.82, 2.24) is 0 Å². The Morgan fingerprint density at radius 2 is 1.77 bits per heavy atom. The van der Waals surface area contributed by atoms with E-state index in [1.165, 1.54) is 0 Å². The van der Waals surface area contributed by atoms with Gasteiger partial charge in [-0.25, -0.2) is 0 Å². The fraction of sp³-hybridized carbons (Fsp3) is 0.200. The average molecular weight is 436 g/mol. The monoisotopic (exact) mass is 435 g/mol. The lowest BCUT2D eigenvalue weighted by Crippen LogP contribution is -2.12. The van der Waals surface area contributed by atoms with Gasteiger partial charge in [-0.2, -0.15) is 0 Å². The lowest BCUT2D eigenvalue weighted by Gasteiger charge is -2.09. The van der Waals surface area contributed by atoms with Gasteiger partial charge in [0.1, 0.15) is 16.9 Å². The van der Waals surface area contributed by atoms with Crippen LogP contribution in [0, 0.1) is 6.92 Å². The van der Waals surface area contributed by atoms with E-state index in [-0.39, 0.29) is 11.3 Å². The van der Waals surface area contributed by atoms with Crippen molar-refractivity contribution in [1.29, 1.82) is 0 Å². The molecule has 0 spiro atoms. The number of aryl methyl sites for hydroxylation is 1. The number of anilines is 1. The second kappa shape index (κ2) is 8.82. The van der Waals surface area contributed by atoms with Gasteiger partial charge in [0.15, 0.2) is 0 Å². The number of benzene rings is 3. The number of ether oxygens (including phenoxy) is 1. The highest BCUT2D eigenvalue weighted by Crippen LogP contribution is 2.26. The van der Waals surface area contributed by atoms with Crippen LogP contribution in [0.1, 0.15) is 35.7 Å². The molecule has 1 amide bonds. The molecule has 0 saturated heterocycles. The molecule has 1 heterocycles. The van der Waals surface area contributed by atoms with Gasteiger partial charge < -0.3 is 14.5 Å². The van der Waals surface area contributed by atoms with Crippen LogP contribution in [0.5, 0.6) is 5.75 Å². The number of carbonyl (C=O) groups excluding carboxylic acids is 1. The smallest absolute Gasteiger partial charge is 0.255 e. The van der Waals surface area contributed by atoms with Crippen molar-refractivity contribution in [2.75, 3.05) is 11.9 Å². The second-order valence-electron chi connectivity index (χ2n) is 7.42. The van der Waals surface area contributed by atoms with Crippen LogP contribution in [0.2, 0.25) is 5.02 Å². The maximum atomic E-state index is 12.8. The summed E-state index contributed by atoms with van der Waals surface area (Å²) in [6.45, 7) is 4.61. The SMILES string of the molecule is CCCCOc1ccc(C(=O)Nc2ccc3c(=O)c4cc(Cl)c(C)cc4oc3c2)cc1. The molecule has 158 valence electrons. The predicted octanol–water partition coefficient (Wildman–Crippen LogP) is 6.34. The lowest BCUT2D eigenvalue weighted by molar-refractivity contribution is 0.102. The molecule has 5 nitrogen and oxygen atoms in total. The number of unbranched alkanes of at least 4 members (excludes halogenated alkanes) is 1. The lowest BCUT2D eigenvalue weighted by atomic mass is 10.1. The van der Waals surface area contributed by atoms with Gasteiger partial charge in [0.2, 0.25) is 5.43 Å². The maximum Gasteiger partial charge on any atom is 0.255 e. The number of halogens is 1. The first kappa shape index (κ1) is 20.9. The van der Waals surface area contributed by atoms with Crippen molar-refractivity contribution in [3.63, 3.8) is 0 Å². The van der Waals surface area contributed by atoms with Crippen LogP contribution >= 0.6 is 11.6 Å². The van der Waals surface area contributed by atoms with Crippen molar-refractivity contribution in [2.45, 2.75) is 26.7 Å². The number of hydrogen-bond acceptors (Lipinski definition) is 4. The van der Waals surface area contributed by atoms with E-state index in [0.717, 1.165) is 24.2 Å². The Kier molecular flexibility index (Phi) is 5.96. The first-order valence-corrected chi connectivity index (χ1v) is 10.5. The number of hydrogen-bond donors (Lipinski definition) is 1. The zero-order chi connectivity index (χ0) is 22.0. The number of amides is 1. The van der Waals surface area contributed by atoms with Gasteiger partial charge in [-0.05, 0) is 67.4 Å². The third-order valence-corrected chi connectivity index (χ3v) is 5.50. The summed E-state index contributed by atoms with van der Waals surface area (Å²) in [5.41, 5.74) is 2.57. The Morgan fingerprint density at radius 1 is 1.03 bits per heavy atom. The number of nitrogens with one attached hydrogen (secondary N) is 1. The van der Waals surface area contributed by atoms with Crippen molar-refractivity contribution in [2.24, 2.45) is 0 Å². The minimum atomic E-state index is -0.259. The third-order valence-electron chi connectivity index (χ3n) is 5.09. The minimum Gasteiger partial charge on any atom is -0.494 e. The largest absolute Gasteiger partial charge is 0.494 e. The molecule has 0 atom stereocenters. The Hall–Kier alpha value is -3.31. The molecular weight excluding hydrogens is 414 g/mol. The zero-order valence-electron chi connectivity index (χ0n) is 17.3. The molecule has 0 aliphatic carbocycles. The molecule has 31 heavy (non-hydrogen) atoms. The molecule has 0 aliphatic rings.